The number of methoxy groups -OCH3 is 1. The fourth-order valence-electron chi connectivity index (χ4n) is 1.64. The average molecular weight is 298 g/mol. The number of carbonyl (C=O) groups is 2. The number of carbonyl (C=O) groups excluding carboxylic acids is 2. The summed E-state index contributed by atoms with van der Waals surface area (Å²) >= 11 is 0. The topological polar surface area (TPSA) is 108 Å². The average Bonchev–Trinajstić information content (AvgIpc) is 2.77. The van der Waals surface area contributed by atoms with Crippen LogP contribution in [0.3, 0.4) is 0 Å². The second-order valence-corrected chi connectivity index (χ2v) is 5.49. The fourth-order valence-corrected chi connectivity index (χ4v) is 1.64. The highest BCUT2D eigenvalue weighted by molar-refractivity contribution is 5.81. The van der Waals surface area contributed by atoms with Crippen molar-refractivity contribution in [3.05, 3.63) is 12.4 Å². The number of nitrogen functional groups attached to an aromatic ring is 1. The molecule has 0 spiro atoms. The van der Waals surface area contributed by atoms with Crippen LogP contribution in [-0.2, 0) is 20.8 Å². The van der Waals surface area contributed by atoms with Gasteiger partial charge in [0.15, 0.2) is 5.95 Å². The Labute approximate surface area is 123 Å². The van der Waals surface area contributed by atoms with Gasteiger partial charge in [-0.2, -0.15) is 0 Å². The van der Waals surface area contributed by atoms with Gasteiger partial charge in [-0.05, 0) is 27.2 Å². The predicted molar refractivity (Wildman–Crippen MR) is 76.4 cm³/mol. The predicted octanol–water partition coefficient (Wildman–Crippen LogP) is 0.922. The largest absolute Gasteiger partial charge is 0.467 e. The number of alkyl carbamates (subject to hydrolysis) is 1. The van der Waals surface area contributed by atoms with Crippen LogP contribution in [-0.4, -0.2) is 40.4 Å². The van der Waals surface area contributed by atoms with Gasteiger partial charge in [-0.1, -0.05) is 0 Å². The van der Waals surface area contributed by atoms with Crippen molar-refractivity contribution in [2.45, 2.75) is 45.4 Å². The standard InChI is InChI=1S/C13H22N4O4/c1-13(2,3)21-12(19)16-9(10(18)20-4)5-7-17-8-6-15-11(17)14/h6,8-9H,5,7H2,1-4H3,(H2,14,15)(H,16,19)/t9-/m0/s1. The number of imidazole rings is 1. The van der Waals surface area contributed by atoms with E-state index in [1.807, 2.05) is 0 Å². The first kappa shape index (κ1) is 16.8. The number of aryl methyl sites for hydroxylation is 1. The summed E-state index contributed by atoms with van der Waals surface area (Å²) in [4.78, 5) is 27.3. The number of esters is 1. The third-order valence-electron chi connectivity index (χ3n) is 2.58. The van der Waals surface area contributed by atoms with Crippen molar-refractivity contribution in [1.29, 1.82) is 0 Å². The van der Waals surface area contributed by atoms with E-state index in [-0.39, 0.29) is 0 Å². The van der Waals surface area contributed by atoms with Gasteiger partial charge in [0.25, 0.3) is 0 Å². The minimum absolute atomic E-state index is 0.312. The number of anilines is 1. The highest BCUT2D eigenvalue weighted by Gasteiger charge is 2.24. The molecule has 1 aromatic rings. The van der Waals surface area contributed by atoms with E-state index in [0.717, 1.165) is 0 Å². The zero-order valence-electron chi connectivity index (χ0n) is 12.8. The molecule has 0 radical (unpaired) electrons. The van der Waals surface area contributed by atoms with Crippen molar-refractivity contribution in [2.75, 3.05) is 12.8 Å². The zero-order valence-corrected chi connectivity index (χ0v) is 12.8. The summed E-state index contributed by atoms with van der Waals surface area (Å²) in [5, 5.41) is 2.50. The van der Waals surface area contributed by atoms with Crippen LogP contribution < -0.4 is 11.1 Å². The summed E-state index contributed by atoms with van der Waals surface area (Å²) < 4.78 is 11.5. The van der Waals surface area contributed by atoms with Crippen molar-refractivity contribution >= 4 is 18.0 Å². The maximum atomic E-state index is 11.7. The number of nitrogens with one attached hydrogen (secondary N) is 1. The Morgan fingerprint density at radius 3 is 2.62 bits per heavy atom. The molecule has 8 heteroatoms. The van der Waals surface area contributed by atoms with E-state index < -0.39 is 23.7 Å². The van der Waals surface area contributed by atoms with Gasteiger partial charge in [0.05, 0.1) is 7.11 Å². The molecular formula is C13H22N4O4. The van der Waals surface area contributed by atoms with Crippen molar-refractivity contribution < 1.29 is 19.1 Å². The number of amides is 1. The molecule has 0 saturated heterocycles. The second-order valence-electron chi connectivity index (χ2n) is 5.49. The van der Waals surface area contributed by atoms with Crippen LogP contribution in [0.25, 0.3) is 0 Å². The quantitative estimate of drug-likeness (QED) is 0.782. The number of rotatable bonds is 5. The Kier molecular flexibility index (Phi) is 5.57. The lowest BCUT2D eigenvalue weighted by molar-refractivity contribution is -0.143. The van der Waals surface area contributed by atoms with Crippen LogP contribution in [0.15, 0.2) is 12.4 Å². The van der Waals surface area contributed by atoms with Crippen LogP contribution >= 0.6 is 0 Å². The molecule has 1 heterocycles. The van der Waals surface area contributed by atoms with E-state index in [9.17, 15) is 9.59 Å². The van der Waals surface area contributed by atoms with Crippen LogP contribution in [0.4, 0.5) is 10.7 Å². The SMILES string of the molecule is COC(=O)[C@H](CCn1ccnc1N)NC(=O)OC(C)(C)C. The normalized spacial score (nSPS) is 12.6. The van der Waals surface area contributed by atoms with E-state index in [0.29, 0.717) is 18.9 Å². The molecule has 8 nitrogen and oxygen atoms in total. The van der Waals surface area contributed by atoms with E-state index >= 15 is 0 Å². The highest BCUT2D eigenvalue weighted by Crippen LogP contribution is 2.08. The molecular weight excluding hydrogens is 276 g/mol. The summed E-state index contributed by atoms with van der Waals surface area (Å²) in [5.74, 6) is -0.199. The summed E-state index contributed by atoms with van der Waals surface area (Å²) in [7, 11) is 1.26. The van der Waals surface area contributed by atoms with Gasteiger partial charge in [0.1, 0.15) is 11.6 Å². The molecule has 0 unspecified atom stereocenters. The first-order chi connectivity index (χ1) is 9.73. The third-order valence-corrected chi connectivity index (χ3v) is 2.58. The first-order valence-electron chi connectivity index (χ1n) is 6.57. The van der Waals surface area contributed by atoms with Crippen molar-refractivity contribution in [3.8, 4) is 0 Å². The van der Waals surface area contributed by atoms with Crippen LogP contribution in [0, 0.1) is 0 Å². The number of nitrogens with two attached hydrogens (primary N) is 1. The Morgan fingerprint density at radius 2 is 2.14 bits per heavy atom. The lowest BCUT2D eigenvalue weighted by atomic mass is 10.2. The third kappa shape index (κ3) is 5.72. The molecule has 1 aromatic heterocycles. The van der Waals surface area contributed by atoms with Gasteiger partial charge >= 0.3 is 12.1 Å². The van der Waals surface area contributed by atoms with Crippen molar-refractivity contribution in [1.82, 2.24) is 14.9 Å². The summed E-state index contributed by atoms with van der Waals surface area (Å²) in [6.07, 6.45) is 2.89. The Morgan fingerprint density at radius 1 is 1.48 bits per heavy atom. The number of hydrogen-bond donors (Lipinski definition) is 2. The Balaban J connectivity index is 2.62. The molecule has 0 bridgehead atoms. The van der Waals surface area contributed by atoms with E-state index in [1.54, 1.807) is 37.7 Å². The maximum absolute atomic E-state index is 11.7. The molecule has 1 rings (SSSR count). The molecule has 0 saturated carbocycles. The van der Waals surface area contributed by atoms with Gasteiger partial charge in [0, 0.05) is 18.9 Å². The van der Waals surface area contributed by atoms with Gasteiger partial charge in [-0.25, -0.2) is 14.6 Å². The number of aromatic nitrogens is 2. The minimum atomic E-state index is -0.813. The lowest BCUT2D eigenvalue weighted by Crippen LogP contribution is -2.44. The summed E-state index contributed by atoms with van der Waals surface area (Å²) in [5.41, 5.74) is 5.00. The van der Waals surface area contributed by atoms with Crippen molar-refractivity contribution in [3.63, 3.8) is 0 Å². The van der Waals surface area contributed by atoms with Crippen molar-refractivity contribution in [2.24, 2.45) is 0 Å². The molecule has 3 N–H and O–H groups in total. The number of nitrogens with zero attached hydrogens (tertiary/aromatic N) is 2. The van der Waals surface area contributed by atoms with Crippen LogP contribution in [0.2, 0.25) is 0 Å². The van der Waals surface area contributed by atoms with E-state index in [1.165, 1.54) is 7.11 Å². The molecule has 0 fully saturated rings. The smallest absolute Gasteiger partial charge is 0.408 e. The monoisotopic (exact) mass is 298 g/mol. The van der Waals surface area contributed by atoms with Gasteiger partial charge < -0.3 is 25.1 Å². The minimum Gasteiger partial charge on any atom is -0.467 e. The first-order valence-corrected chi connectivity index (χ1v) is 6.57. The molecule has 0 aliphatic heterocycles. The van der Waals surface area contributed by atoms with E-state index in [2.05, 4.69) is 15.0 Å². The lowest BCUT2D eigenvalue weighted by Gasteiger charge is -2.22. The van der Waals surface area contributed by atoms with Crippen LogP contribution in [0.5, 0.6) is 0 Å². The molecule has 0 aliphatic rings. The van der Waals surface area contributed by atoms with Crippen LogP contribution in [0.1, 0.15) is 27.2 Å². The molecule has 1 amide bonds. The zero-order chi connectivity index (χ0) is 16.0. The molecule has 1 atom stereocenters. The van der Waals surface area contributed by atoms with Gasteiger partial charge in [-0.15, -0.1) is 0 Å². The number of ether oxygens (including phenoxy) is 2. The van der Waals surface area contributed by atoms with E-state index in [4.69, 9.17) is 10.5 Å². The maximum Gasteiger partial charge on any atom is 0.408 e. The molecule has 0 aliphatic carbocycles. The second kappa shape index (κ2) is 6.96. The number of hydrogen-bond acceptors (Lipinski definition) is 6. The van der Waals surface area contributed by atoms with Gasteiger partial charge in [-0.3, -0.25) is 0 Å². The molecule has 21 heavy (non-hydrogen) atoms. The summed E-state index contributed by atoms with van der Waals surface area (Å²) in [6.45, 7) is 5.64. The Bertz CT molecular complexity index is 493. The molecule has 118 valence electrons. The highest BCUT2D eigenvalue weighted by atomic mass is 16.6. The summed E-state index contributed by atoms with van der Waals surface area (Å²) in [6, 6.07) is -0.813. The fraction of sp³-hybridized carbons (Fsp3) is 0.615. The molecule has 0 aromatic carbocycles. The Hall–Kier alpha value is -2.25. The van der Waals surface area contributed by atoms with Gasteiger partial charge in [0.2, 0.25) is 0 Å².